The molecular formula is C25H17ClN2O4. The normalized spacial score (nSPS) is 12.7. The quantitative estimate of drug-likeness (QED) is 0.317. The minimum absolute atomic E-state index is 0.0892. The molecule has 0 fully saturated rings. The van der Waals surface area contributed by atoms with Crippen LogP contribution in [0.3, 0.4) is 0 Å². The lowest BCUT2D eigenvalue weighted by Crippen LogP contribution is -2.25. The highest BCUT2D eigenvalue weighted by atomic mass is 35.5. The van der Waals surface area contributed by atoms with Gasteiger partial charge in [0.25, 0.3) is 0 Å². The second-order valence-electron chi connectivity index (χ2n) is 7.64. The average molecular weight is 445 g/mol. The standard InChI is InChI=1S/C25H17ClN2O4/c26-11-5-10-19(29)27-18-12-16-22(28-17-9-4-3-8-15(17)23(16)30)21-20(18)24(31)13-6-1-2-7-14(13)25(21)32/h1-4,6-9,12H,5,10-11H2,(H,27,29)(H,28,30). The molecule has 0 spiro atoms. The van der Waals surface area contributed by atoms with E-state index >= 15 is 0 Å². The summed E-state index contributed by atoms with van der Waals surface area (Å²) in [7, 11) is 0. The number of fused-ring (bicyclic) bond motifs is 5. The maximum atomic E-state index is 13.5. The Hall–Kier alpha value is -3.77. The largest absolute Gasteiger partial charge is 0.354 e. The Morgan fingerprint density at radius 2 is 1.53 bits per heavy atom. The summed E-state index contributed by atoms with van der Waals surface area (Å²) in [6.07, 6.45) is 0.618. The van der Waals surface area contributed by atoms with Gasteiger partial charge < -0.3 is 10.3 Å². The number of rotatable bonds is 4. The number of alkyl halides is 1. The first-order valence-corrected chi connectivity index (χ1v) is 10.7. The molecule has 2 N–H and O–H groups in total. The lowest BCUT2D eigenvalue weighted by atomic mass is 9.81. The summed E-state index contributed by atoms with van der Waals surface area (Å²) in [4.78, 5) is 55.9. The van der Waals surface area contributed by atoms with E-state index in [1.807, 2.05) is 0 Å². The Labute approximate surface area is 187 Å². The predicted molar refractivity (Wildman–Crippen MR) is 124 cm³/mol. The first kappa shape index (κ1) is 20.2. The number of anilines is 1. The molecule has 3 aromatic carbocycles. The van der Waals surface area contributed by atoms with Gasteiger partial charge in [-0.3, -0.25) is 19.2 Å². The van der Waals surface area contributed by atoms with E-state index in [-0.39, 0.29) is 68.2 Å². The van der Waals surface area contributed by atoms with Gasteiger partial charge in [0.05, 0.1) is 22.3 Å². The molecule has 0 bridgehead atoms. The van der Waals surface area contributed by atoms with Crippen LogP contribution in [0.4, 0.5) is 5.69 Å². The third kappa shape index (κ3) is 3.03. The van der Waals surface area contributed by atoms with E-state index in [4.69, 9.17) is 11.6 Å². The number of nitrogens with one attached hydrogen (secondary N) is 2. The van der Waals surface area contributed by atoms with Crippen molar-refractivity contribution in [3.05, 3.63) is 87.1 Å². The number of ketones is 2. The number of carbonyl (C=O) groups is 3. The number of aromatic nitrogens is 1. The van der Waals surface area contributed by atoms with Crippen molar-refractivity contribution in [3.63, 3.8) is 0 Å². The van der Waals surface area contributed by atoms with Crippen LogP contribution in [0.15, 0.2) is 59.4 Å². The molecule has 32 heavy (non-hydrogen) atoms. The maximum Gasteiger partial charge on any atom is 0.224 e. The highest BCUT2D eigenvalue weighted by molar-refractivity contribution is 6.34. The van der Waals surface area contributed by atoms with E-state index < -0.39 is 0 Å². The van der Waals surface area contributed by atoms with Gasteiger partial charge in [0, 0.05) is 39.7 Å². The summed E-state index contributed by atoms with van der Waals surface area (Å²) in [6, 6.07) is 15.0. The molecule has 1 heterocycles. The van der Waals surface area contributed by atoms with Crippen LogP contribution in [0.2, 0.25) is 0 Å². The molecule has 0 radical (unpaired) electrons. The van der Waals surface area contributed by atoms with Crippen LogP contribution in [0, 0.1) is 0 Å². The average Bonchev–Trinajstić information content (AvgIpc) is 2.81. The van der Waals surface area contributed by atoms with Crippen LogP contribution in [0.1, 0.15) is 44.7 Å². The van der Waals surface area contributed by atoms with E-state index in [1.165, 1.54) is 6.07 Å². The van der Waals surface area contributed by atoms with E-state index in [0.717, 1.165) is 0 Å². The number of halogens is 1. The fraction of sp³-hybridized carbons (Fsp3) is 0.120. The fourth-order valence-electron chi connectivity index (χ4n) is 4.21. The van der Waals surface area contributed by atoms with E-state index in [2.05, 4.69) is 10.3 Å². The van der Waals surface area contributed by atoms with Crippen LogP contribution >= 0.6 is 11.6 Å². The number of hydrogen-bond donors (Lipinski definition) is 2. The van der Waals surface area contributed by atoms with Crippen molar-refractivity contribution in [1.29, 1.82) is 0 Å². The summed E-state index contributed by atoms with van der Waals surface area (Å²) >= 11 is 5.69. The van der Waals surface area contributed by atoms with Crippen molar-refractivity contribution in [3.8, 4) is 0 Å². The summed E-state index contributed by atoms with van der Waals surface area (Å²) in [6.45, 7) is 0. The van der Waals surface area contributed by atoms with Gasteiger partial charge in [-0.1, -0.05) is 36.4 Å². The van der Waals surface area contributed by atoms with Gasteiger partial charge in [-0.05, 0) is 24.6 Å². The second-order valence-corrected chi connectivity index (χ2v) is 8.02. The number of aromatic amines is 1. The van der Waals surface area contributed by atoms with Crippen molar-refractivity contribution in [2.24, 2.45) is 0 Å². The zero-order chi connectivity index (χ0) is 22.4. The number of para-hydroxylation sites is 1. The van der Waals surface area contributed by atoms with Gasteiger partial charge in [0.1, 0.15) is 0 Å². The van der Waals surface area contributed by atoms with Crippen LogP contribution in [0.25, 0.3) is 21.8 Å². The van der Waals surface area contributed by atoms with Crippen LogP contribution in [-0.4, -0.2) is 28.3 Å². The van der Waals surface area contributed by atoms with Gasteiger partial charge >= 0.3 is 0 Å². The Morgan fingerprint density at radius 3 is 2.25 bits per heavy atom. The fourth-order valence-corrected chi connectivity index (χ4v) is 4.35. The van der Waals surface area contributed by atoms with Crippen molar-refractivity contribution in [1.82, 2.24) is 4.98 Å². The SMILES string of the molecule is O=C(CCCCl)Nc1cc2c(=O)c3ccccc3[nH]c2c2c1C(=O)c1ccccc1C2=O. The minimum atomic E-state index is -0.376. The molecule has 1 amide bonds. The van der Waals surface area contributed by atoms with Crippen molar-refractivity contribution >= 4 is 56.6 Å². The minimum Gasteiger partial charge on any atom is -0.354 e. The van der Waals surface area contributed by atoms with Gasteiger partial charge in [-0.15, -0.1) is 11.6 Å². The molecule has 0 saturated heterocycles. The van der Waals surface area contributed by atoms with Gasteiger partial charge in [0.15, 0.2) is 17.0 Å². The molecule has 0 aliphatic heterocycles. The molecule has 7 heteroatoms. The summed E-state index contributed by atoms with van der Waals surface area (Å²) in [5.41, 5.74) is 1.44. The first-order chi connectivity index (χ1) is 15.5. The molecule has 5 rings (SSSR count). The number of carbonyl (C=O) groups excluding carboxylic acids is 3. The molecule has 0 saturated carbocycles. The molecule has 158 valence electrons. The summed E-state index contributed by atoms with van der Waals surface area (Å²) in [5, 5.41) is 3.42. The first-order valence-electron chi connectivity index (χ1n) is 10.2. The summed E-state index contributed by atoms with van der Waals surface area (Å²) < 4.78 is 0. The Bertz CT molecular complexity index is 1520. The third-order valence-electron chi connectivity index (χ3n) is 5.69. The van der Waals surface area contributed by atoms with Crippen molar-refractivity contribution < 1.29 is 14.4 Å². The van der Waals surface area contributed by atoms with Crippen LogP contribution in [-0.2, 0) is 4.79 Å². The van der Waals surface area contributed by atoms with E-state index in [1.54, 1.807) is 48.5 Å². The smallest absolute Gasteiger partial charge is 0.224 e. The molecular weight excluding hydrogens is 428 g/mol. The Balaban J connectivity index is 1.86. The highest BCUT2D eigenvalue weighted by Gasteiger charge is 2.34. The zero-order valence-corrected chi connectivity index (χ0v) is 17.6. The molecule has 1 aliphatic carbocycles. The molecule has 1 aromatic heterocycles. The van der Waals surface area contributed by atoms with Gasteiger partial charge in [0.2, 0.25) is 5.91 Å². The lowest BCUT2D eigenvalue weighted by Gasteiger charge is -2.22. The van der Waals surface area contributed by atoms with Crippen LogP contribution < -0.4 is 10.7 Å². The maximum absolute atomic E-state index is 13.5. The monoisotopic (exact) mass is 444 g/mol. The number of H-pyrrole nitrogens is 1. The van der Waals surface area contributed by atoms with Crippen molar-refractivity contribution in [2.75, 3.05) is 11.2 Å². The molecule has 4 aromatic rings. The Kier molecular flexibility index (Phi) is 4.87. The molecule has 1 aliphatic rings. The topological polar surface area (TPSA) is 96.1 Å². The number of amides is 1. The number of pyridine rings is 1. The van der Waals surface area contributed by atoms with Gasteiger partial charge in [-0.2, -0.15) is 0 Å². The molecule has 0 atom stereocenters. The van der Waals surface area contributed by atoms with Gasteiger partial charge in [-0.25, -0.2) is 0 Å². The van der Waals surface area contributed by atoms with Crippen molar-refractivity contribution in [2.45, 2.75) is 12.8 Å². The molecule has 6 nitrogen and oxygen atoms in total. The Morgan fingerprint density at radius 1 is 0.875 bits per heavy atom. The summed E-state index contributed by atoms with van der Waals surface area (Å²) in [5.74, 6) is -0.773. The third-order valence-corrected chi connectivity index (χ3v) is 5.95. The van der Waals surface area contributed by atoms with E-state index in [0.29, 0.717) is 23.2 Å². The number of hydrogen-bond acceptors (Lipinski definition) is 4. The second kappa shape index (κ2) is 7.73. The lowest BCUT2D eigenvalue weighted by molar-refractivity contribution is -0.116. The van der Waals surface area contributed by atoms with Crippen LogP contribution in [0.5, 0.6) is 0 Å². The predicted octanol–water partition coefficient (Wildman–Crippen LogP) is 4.41. The number of benzene rings is 3. The highest BCUT2D eigenvalue weighted by Crippen LogP contribution is 2.36. The van der Waals surface area contributed by atoms with E-state index in [9.17, 15) is 19.2 Å². The zero-order valence-electron chi connectivity index (χ0n) is 16.8. The molecule has 0 unspecified atom stereocenters.